The maximum Gasteiger partial charge on any atom is 0.306 e. The minimum absolute atomic E-state index is 0.0683. The lowest BCUT2D eigenvalue weighted by Crippen LogP contribution is -2.50. The van der Waals surface area contributed by atoms with Gasteiger partial charge in [-0.15, -0.1) is 0 Å². The first-order valence-corrected chi connectivity index (χ1v) is 6.15. The molecule has 0 bridgehead atoms. The number of hydrogen-bond acceptors (Lipinski definition) is 4. The first kappa shape index (κ1) is 14.0. The summed E-state index contributed by atoms with van der Waals surface area (Å²) in [6.45, 7) is 5.17. The van der Waals surface area contributed by atoms with Crippen LogP contribution < -0.4 is 5.32 Å². The Morgan fingerprint density at radius 1 is 1.41 bits per heavy atom. The molecule has 17 heavy (non-hydrogen) atoms. The Morgan fingerprint density at radius 3 is 2.65 bits per heavy atom. The highest BCUT2D eigenvalue weighted by Gasteiger charge is 2.29. The van der Waals surface area contributed by atoms with Gasteiger partial charge in [0.2, 0.25) is 5.91 Å². The van der Waals surface area contributed by atoms with Crippen molar-refractivity contribution in [3.63, 3.8) is 0 Å². The maximum atomic E-state index is 11.4. The Kier molecular flexibility index (Phi) is 5.41. The third-order valence-electron chi connectivity index (χ3n) is 3.15. The zero-order valence-corrected chi connectivity index (χ0v) is 10.9. The van der Waals surface area contributed by atoms with Gasteiger partial charge in [0, 0.05) is 26.1 Å². The average Bonchev–Trinajstić information content (AvgIpc) is 2.28. The number of piperidine rings is 1. The highest BCUT2D eigenvalue weighted by atomic mass is 16.5. The molecule has 0 aromatic carbocycles. The summed E-state index contributed by atoms with van der Waals surface area (Å²) in [5.74, 6) is 0.0979. The summed E-state index contributed by atoms with van der Waals surface area (Å²) in [7, 11) is 1.88. The first-order chi connectivity index (χ1) is 8.06. The number of rotatable bonds is 4. The topological polar surface area (TPSA) is 58.6 Å². The fraction of sp³-hybridized carbons (Fsp3) is 0.833. The van der Waals surface area contributed by atoms with Crippen LogP contribution in [0.4, 0.5) is 0 Å². The van der Waals surface area contributed by atoms with Crippen molar-refractivity contribution in [1.82, 2.24) is 10.2 Å². The van der Waals surface area contributed by atoms with E-state index < -0.39 is 0 Å². The van der Waals surface area contributed by atoms with Crippen LogP contribution >= 0.6 is 0 Å². The number of likely N-dealkylation sites (N-methyl/N-ethyl adjacent to an activating group) is 1. The molecule has 1 aliphatic rings. The second-order valence-electron chi connectivity index (χ2n) is 4.52. The van der Waals surface area contributed by atoms with Gasteiger partial charge in [0.05, 0.1) is 13.0 Å². The van der Waals surface area contributed by atoms with E-state index in [1.54, 1.807) is 18.7 Å². The quantitative estimate of drug-likeness (QED) is 0.725. The van der Waals surface area contributed by atoms with Crippen LogP contribution in [0, 0.1) is 5.92 Å². The van der Waals surface area contributed by atoms with Crippen LogP contribution in [-0.2, 0) is 14.3 Å². The Bertz CT molecular complexity index is 281. The molecule has 0 spiro atoms. The van der Waals surface area contributed by atoms with Gasteiger partial charge in [0.25, 0.3) is 0 Å². The predicted octanol–water partition coefficient (Wildman–Crippen LogP) is 0.396. The molecule has 1 fully saturated rings. The number of esters is 1. The Labute approximate surface area is 102 Å². The molecule has 5 heteroatoms. The van der Waals surface area contributed by atoms with Gasteiger partial charge < -0.3 is 15.0 Å². The number of likely N-dealkylation sites (tertiary alicyclic amines) is 1. The minimum Gasteiger partial charge on any atom is -0.466 e. The summed E-state index contributed by atoms with van der Waals surface area (Å²) in [5, 5.41) is 3.18. The van der Waals surface area contributed by atoms with Crippen molar-refractivity contribution in [3.8, 4) is 0 Å². The molecule has 1 amide bonds. The van der Waals surface area contributed by atoms with Gasteiger partial charge >= 0.3 is 5.97 Å². The van der Waals surface area contributed by atoms with Gasteiger partial charge in [-0.3, -0.25) is 9.59 Å². The zero-order chi connectivity index (χ0) is 12.8. The molecular weight excluding hydrogens is 220 g/mol. The second-order valence-corrected chi connectivity index (χ2v) is 4.52. The van der Waals surface area contributed by atoms with Gasteiger partial charge in [-0.2, -0.15) is 0 Å². The molecule has 98 valence electrons. The minimum atomic E-state index is -0.169. The normalized spacial score (nSPS) is 24.5. The van der Waals surface area contributed by atoms with Crippen LogP contribution in [0.3, 0.4) is 0 Å². The Balaban J connectivity index is 2.53. The smallest absolute Gasteiger partial charge is 0.306 e. The highest BCUT2D eigenvalue weighted by Crippen LogP contribution is 2.20. The van der Waals surface area contributed by atoms with E-state index in [4.69, 9.17) is 4.74 Å². The summed E-state index contributed by atoms with van der Waals surface area (Å²) < 4.78 is 4.95. The Morgan fingerprint density at radius 2 is 2.12 bits per heavy atom. The number of nitrogens with zero attached hydrogens (tertiary/aromatic N) is 1. The molecule has 1 saturated heterocycles. The molecule has 2 unspecified atom stereocenters. The van der Waals surface area contributed by atoms with Gasteiger partial charge in [-0.25, -0.2) is 0 Å². The number of ether oxygens (including phenoxy) is 1. The summed E-state index contributed by atoms with van der Waals surface area (Å²) in [6, 6.07) is 0.270. The number of carbonyl (C=O) groups excluding carboxylic acids is 2. The van der Waals surface area contributed by atoms with E-state index >= 15 is 0 Å². The van der Waals surface area contributed by atoms with Crippen molar-refractivity contribution in [3.05, 3.63) is 0 Å². The lowest BCUT2D eigenvalue weighted by molar-refractivity contribution is -0.145. The van der Waals surface area contributed by atoms with E-state index in [1.165, 1.54) is 0 Å². The van der Waals surface area contributed by atoms with Crippen LogP contribution in [0.5, 0.6) is 0 Å². The largest absolute Gasteiger partial charge is 0.466 e. The number of hydrogen-bond donors (Lipinski definition) is 1. The lowest BCUT2D eigenvalue weighted by Gasteiger charge is -2.36. The molecule has 5 nitrogen and oxygen atoms in total. The average molecular weight is 242 g/mol. The monoisotopic (exact) mass is 242 g/mol. The van der Waals surface area contributed by atoms with Crippen molar-refractivity contribution >= 4 is 11.9 Å². The van der Waals surface area contributed by atoms with Crippen LogP contribution in [0.15, 0.2) is 0 Å². The molecule has 1 heterocycles. The lowest BCUT2D eigenvalue weighted by atomic mass is 9.91. The molecule has 1 N–H and O–H groups in total. The van der Waals surface area contributed by atoms with Crippen molar-refractivity contribution in [2.75, 3.05) is 26.7 Å². The van der Waals surface area contributed by atoms with Crippen LogP contribution in [0.1, 0.15) is 26.7 Å². The van der Waals surface area contributed by atoms with E-state index in [-0.39, 0.29) is 23.8 Å². The van der Waals surface area contributed by atoms with E-state index in [1.807, 2.05) is 7.05 Å². The van der Waals surface area contributed by atoms with Crippen molar-refractivity contribution < 1.29 is 14.3 Å². The van der Waals surface area contributed by atoms with E-state index in [0.717, 1.165) is 13.0 Å². The second kappa shape index (κ2) is 6.59. The number of carbonyl (C=O) groups is 2. The van der Waals surface area contributed by atoms with Crippen LogP contribution in [-0.4, -0.2) is 49.6 Å². The molecule has 0 saturated carbocycles. The SMILES string of the molecule is CCOC(=O)CC1CC(NC)CN(C(C)=O)C1. The summed E-state index contributed by atoms with van der Waals surface area (Å²) >= 11 is 0. The van der Waals surface area contributed by atoms with E-state index in [2.05, 4.69) is 5.32 Å². The summed E-state index contributed by atoms with van der Waals surface area (Å²) in [4.78, 5) is 24.6. The first-order valence-electron chi connectivity index (χ1n) is 6.15. The molecular formula is C12H22N2O3. The maximum absolute atomic E-state index is 11.4. The standard InChI is InChI=1S/C12H22N2O3/c1-4-17-12(16)6-10-5-11(13-3)8-14(7-10)9(2)15/h10-11,13H,4-8H2,1-3H3. The molecule has 0 aromatic rings. The summed E-state index contributed by atoms with van der Waals surface area (Å²) in [5.41, 5.74) is 0. The van der Waals surface area contributed by atoms with Crippen LogP contribution in [0.25, 0.3) is 0 Å². The van der Waals surface area contributed by atoms with Gasteiger partial charge in [-0.1, -0.05) is 0 Å². The third-order valence-corrected chi connectivity index (χ3v) is 3.15. The molecule has 0 aromatic heterocycles. The summed E-state index contributed by atoms with van der Waals surface area (Å²) in [6.07, 6.45) is 1.31. The van der Waals surface area contributed by atoms with Gasteiger partial charge in [0.15, 0.2) is 0 Å². The van der Waals surface area contributed by atoms with E-state index in [9.17, 15) is 9.59 Å². The van der Waals surface area contributed by atoms with Crippen molar-refractivity contribution in [1.29, 1.82) is 0 Å². The number of nitrogens with one attached hydrogen (secondary N) is 1. The van der Waals surface area contributed by atoms with Crippen molar-refractivity contribution in [2.24, 2.45) is 5.92 Å². The van der Waals surface area contributed by atoms with Gasteiger partial charge in [-0.05, 0) is 26.3 Å². The zero-order valence-electron chi connectivity index (χ0n) is 10.9. The highest BCUT2D eigenvalue weighted by molar-refractivity contribution is 5.74. The fourth-order valence-electron chi connectivity index (χ4n) is 2.27. The molecule has 0 radical (unpaired) electrons. The Hall–Kier alpha value is -1.10. The van der Waals surface area contributed by atoms with Crippen LogP contribution in [0.2, 0.25) is 0 Å². The predicted molar refractivity (Wildman–Crippen MR) is 64.5 cm³/mol. The third kappa shape index (κ3) is 4.34. The van der Waals surface area contributed by atoms with E-state index in [0.29, 0.717) is 19.6 Å². The van der Waals surface area contributed by atoms with Gasteiger partial charge in [0.1, 0.15) is 0 Å². The molecule has 2 atom stereocenters. The van der Waals surface area contributed by atoms with Crippen molar-refractivity contribution in [2.45, 2.75) is 32.7 Å². The number of amides is 1. The molecule has 1 aliphatic heterocycles. The fourth-order valence-corrected chi connectivity index (χ4v) is 2.27. The molecule has 0 aliphatic carbocycles. The molecule has 1 rings (SSSR count).